The zero-order valence-corrected chi connectivity index (χ0v) is 10.4. The van der Waals surface area contributed by atoms with Crippen molar-refractivity contribution in [2.24, 2.45) is 0 Å². The van der Waals surface area contributed by atoms with Gasteiger partial charge in [0.2, 0.25) is 5.89 Å². The number of benzene rings is 1. The lowest BCUT2D eigenvalue weighted by molar-refractivity contribution is 0.258. The Labute approximate surface area is 102 Å². The summed E-state index contributed by atoms with van der Waals surface area (Å²) in [5.74, 6) is 1.28. The van der Waals surface area contributed by atoms with Crippen molar-refractivity contribution in [3.05, 3.63) is 40.7 Å². The summed E-state index contributed by atoms with van der Waals surface area (Å²) in [6, 6.07) is 7.75. The van der Waals surface area contributed by atoms with Crippen LogP contribution in [0.2, 0.25) is 0 Å². The number of rotatable bonds is 3. The summed E-state index contributed by atoms with van der Waals surface area (Å²) in [6.45, 7) is 1.96. The van der Waals surface area contributed by atoms with E-state index in [0.29, 0.717) is 11.7 Å². The van der Waals surface area contributed by atoms with E-state index in [1.54, 1.807) is 6.20 Å². The van der Waals surface area contributed by atoms with E-state index in [4.69, 9.17) is 9.52 Å². The van der Waals surface area contributed by atoms with Gasteiger partial charge in [-0.25, -0.2) is 4.98 Å². The molecule has 0 spiro atoms. The molecule has 1 N–H and O–H groups in total. The van der Waals surface area contributed by atoms with Gasteiger partial charge in [-0.15, -0.1) is 0 Å². The van der Waals surface area contributed by atoms with Crippen molar-refractivity contribution in [3.63, 3.8) is 0 Å². The highest BCUT2D eigenvalue weighted by Gasteiger charge is 2.11. The van der Waals surface area contributed by atoms with Crippen molar-refractivity contribution >= 4 is 15.9 Å². The molecule has 0 saturated heterocycles. The van der Waals surface area contributed by atoms with Gasteiger partial charge in [0.05, 0.1) is 12.8 Å². The Hall–Kier alpha value is -1.13. The van der Waals surface area contributed by atoms with Crippen LogP contribution >= 0.6 is 15.9 Å². The minimum atomic E-state index is -0.0169. The number of hydrogen-bond donors (Lipinski definition) is 1. The summed E-state index contributed by atoms with van der Waals surface area (Å²) >= 11 is 3.37. The highest BCUT2D eigenvalue weighted by atomic mass is 79.9. The quantitative estimate of drug-likeness (QED) is 0.940. The summed E-state index contributed by atoms with van der Waals surface area (Å²) in [5.41, 5.74) is 0.930. The van der Waals surface area contributed by atoms with E-state index in [2.05, 4.69) is 20.9 Å². The van der Waals surface area contributed by atoms with Crippen molar-refractivity contribution < 1.29 is 9.52 Å². The van der Waals surface area contributed by atoms with E-state index in [0.717, 1.165) is 10.0 Å². The van der Waals surface area contributed by atoms with Crippen LogP contribution in [0, 0.1) is 0 Å². The van der Waals surface area contributed by atoms with Crippen LogP contribution in [0.4, 0.5) is 0 Å². The highest BCUT2D eigenvalue weighted by molar-refractivity contribution is 9.10. The van der Waals surface area contributed by atoms with Gasteiger partial charge in [0, 0.05) is 16.0 Å². The fourth-order valence-electron chi connectivity index (χ4n) is 1.33. The number of halogens is 1. The van der Waals surface area contributed by atoms with Gasteiger partial charge < -0.3 is 9.52 Å². The summed E-state index contributed by atoms with van der Waals surface area (Å²) in [5, 5.41) is 9.01. The van der Waals surface area contributed by atoms with E-state index < -0.39 is 0 Å². The van der Waals surface area contributed by atoms with Crippen LogP contribution in [-0.2, 0) is 0 Å². The smallest absolute Gasteiger partial charge is 0.226 e. The predicted molar refractivity (Wildman–Crippen MR) is 65.1 cm³/mol. The second-order valence-electron chi connectivity index (χ2n) is 3.66. The lowest BCUT2D eigenvalue weighted by atomic mass is 10.1. The lowest BCUT2D eigenvalue weighted by Gasteiger charge is -2.01. The Kier molecular flexibility index (Phi) is 3.41. The monoisotopic (exact) mass is 281 g/mol. The van der Waals surface area contributed by atoms with Crippen LogP contribution in [-0.4, -0.2) is 16.7 Å². The SMILES string of the molecule is CC(CO)c1cnc(-c2ccc(Br)cc2)o1. The standard InChI is InChI=1S/C12H12BrNO2/c1-8(7-15)11-6-14-12(16-11)9-2-4-10(13)5-3-9/h2-6,8,15H,7H2,1H3. The second-order valence-corrected chi connectivity index (χ2v) is 4.57. The topological polar surface area (TPSA) is 46.3 Å². The Bertz CT molecular complexity index is 464. The maximum absolute atomic E-state index is 9.01. The van der Waals surface area contributed by atoms with Gasteiger partial charge in [-0.05, 0) is 24.3 Å². The number of hydrogen-bond acceptors (Lipinski definition) is 3. The largest absolute Gasteiger partial charge is 0.441 e. The number of nitrogens with zero attached hydrogens (tertiary/aromatic N) is 1. The van der Waals surface area contributed by atoms with Crippen molar-refractivity contribution in [2.75, 3.05) is 6.61 Å². The Morgan fingerprint density at radius 1 is 1.38 bits per heavy atom. The molecule has 0 radical (unpaired) electrons. The average Bonchev–Trinajstić information content (AvgIpc) is 2.78. The Morgan fingerprint density at radius 2 is 2.06 bits per heavy atom. The zero-order chi connectivity index (χ0) is 11.5. The van der Waals surface area contributed by atoms with Gasteiger partial charge in [0.25, 0.3) is 0 Å². The maximum Gasteiger partial charge on any atom is 0.226 e. The summed E-state index contributed by atoms with van der Waals surface area (Å²) in [6.07, 6.45) is 1.66. The van der Waals surface area contributed by atoms with Crippen LogP contribution in [0.25, 0.3) is 11.5 Å². The molecule has 2 aromatic rings. The van der Waals surface area contributed by atoms with E-state index >= 15 is 0 Å². The summed E-state index contributed by atoms with van der Waals surface area (Å²) in [7, 11) is 0. The van der Waals surface area contributed by atoms with Crippen molar-refractivity contribution in [3.8, 4) is 11.5 Å². The Morgan fingerprint density at radius 3 is 2.69 bits per heavy atom. The first-order valence-electron chi connectivity index (χ1n) is 5.03. The second kappa shape index (κ2) is 4.80. The molecule has 0 fully saturated rings. The van der Waals surface area contributed by atoms with Crippen molar-refractivity contribution in [1.29, 1.82) is 0 Å². The van der Waals surface area contributed by atoms with E-state index in [1.807, 2.05) is 31.2 Å². The number of aliphatic hydroxyl groups is 1. The molecule has 1 aromatic carbocycles. The highest BCUT2D eigenvalue weighted by Crippen LogP contribution is 2.24. The third-order valence-electron chi connectivity index (χ3n) is 2.37. The molecular weight excluding hydrogens is 270 g/mol. The molecule has 1 unspecified atom stereocenters. The molecule has 0 amide bonds. The first-order chi connectivity index (χ1) is 7.70. The minimum Gasteiger partial charge on any atom is -0.441 e. The molecule has 1 heterocycles. The summed E-state index contributed by atoms with van der Waals surface area (Å²) in [4.78, 5) is 4.19. The van der Waals surface area contributed by atoms with E-state index in [9.17, 15) is 0 Å². The molecule has 2 rings (SSSR count). The summed E-state index contributed by atoms with van der Waals surface area (Å²) < 4.78 is 6.60. The first-order valence-corrected chi connectivity index (χ1v) is 5.82. The van der Waals surface area contributed by atoms with Gasteiger partial charge in [-0.1, -0.05) is 22.9 Å². The molecule has 16 heavy (non-hydrogen) atoms. The molecular formula is C12H12BrNO2. The van der Waals surface area contributed by atoms with Gasteiger partial charge in [-0.3, -0.25) is 0 Å². The van der Waals surface area contributed by atoms with Crippen molar-refractivity contribution in [2.45, 2.75) is 12.8 Å². The van der Waals surface area contributed by atoms with Crippen LogP contribution in [0.3, 0.4) is 0 Å². The van der Waals surface area contributed by atoms with Crippen LogP contribution in [0.5, 0.6) is 0 Å². The van der Waals surface area contributed by atoms with Crippen LogP contribution in [0.15, 0.2) is 39.4 Å². The van der Waals surface area contributed by atoms with Gasteiger partial charge in [0.1, 0.15) is 5.76 Å². The van der Waals surface area contributed by atoms with E-state index in [-0.39, 0.29) is 12.5 Å². The first kappa shape index (κ1) is 11.4. The average molecular weight is 282 g/mol. The molecule has 4 heteroatoms. The molecule has 0 saturated carbocycles. The van der Waals surface area contributed by atoms with Crippen molar-refractivity contribution in [1.82, 2.24) is 4.98 Å². The third kappa shape index (κ3) is 2.33. The molecule has 1 aromatic heterocycles. The lowest BCUT2D eigenvalue weighted by Crippen LogP contribution is -1.96. The fourth-order valence-corrected chi connectivity index (χ4v) is 1.59. The van der Waals surface area contributed by atoms with Crippen LogP contribution < -0.4 is 0 Å². The minimum absolute atomic E-state index is 0.0169. The van der Waals surface area contributed by atoms with Gasteiger partial charge in [0.15, 0.2) is 0 Å². The zero-order valence-electron chi connectivity index (χ0n) is 8.85. The molecule has 3 nitrogen and oxygen atoms in total. The predicted octanol–water partition coefficient (Wildman–Crippen LogP) is 3.20. The molecule has 0 aliphatic heterocycles. The van der Waals surface area contributed by atoms with E-state index in [1.165, 1.54) is 0 Å². The molecule has 1 atom stereocenters. The number of oxazole rings is 1. The molecule has 0 bridgehead atoms. The fraction of sp³-hybridized carbons (Fsp3) is 0.250. The number of aromatic nitrogens is 1. The Balaban J connectivity index is 2.28. The molecule has 0 aliphatic rings. The molecule has 0 aliphatic carbocycles. The van der Waals surface area contributed by atoms with Gasteiger partial charge in [-0.2, -0.15) is 0 Å². The van der Waals surface area contributed by atoms with Gasteiger partial charge >= 0.3 is 0 Å². The number of aliphatic hydroxyl groups excluding tert-OH is 1. The molecule has 84 valence electrons. The maximum atomic E-state index is 9.01. The normalized spacial score (nSPS) is 12.7. The van der Waals surface area contributed by atoms with Crippen LogP contribution in [0.1, 0.15) is 18.6 Å². The third-order valence-corrected chi connectivity index (χ3v) is 2.90.